The van der Waals surface area contributed by atoms with Crippen LogP contribution in [0.15, 0.2) is 24.3 Å². The van der Waals surface area contributed by atoms with Crippen molar-refractivity contribution < 1.29 is 9.53 Å². The SMILES string of the molecule is CCC(C)Oc1ccc(C(=O)N2CCC(CCNC)CC2)cc1.Cl. The molecule has 1 atom stereocenters. The second-order valence-corrected chi connectivity index (χ2v) is 6.49. The molecule has 1 amide bonds. The van der Waals surface area contributed by atoms with Crippen LogP contribution in [-0.4, -0.2) is 43.6 Å². The molecule has 1 heterocycles. The zero-order valence-electron chi connectivity index (χ0n) is 15.1. The molecule has 2 rings (SSSR count). The Kier molecular flexibility index (Phi) is 9.16. The van der Waals surface area contributed by atoms with Crippen LogP contribution in [0, 0.1) is 5.92 Å². The van der Waals surface area contributed by atoms with Crippen molar-refractivity contribution in [3.8, 4) is 5.75 Å². The molecule has 4 nitrogen and oxygen atoms in total. The third-order valence-corrected chi connectivity index (χ3v) is 4.72. The first-order valence-electron chi connectivity index (χ1n) is 8.84. The smallest absolute Gasteiger partial charge is 0.253 e. The number of nitrogens with zero attached hydrogens (tertiary/aromatic N) is 1. The lowest BCUT2D eigenvalue weighted by Crippen LogP contribution is -2.38. The summed E-state index contributed by atoms with van der Waals surface area (Å²) >= 11 is 0. The Morgan fingerprint density at radius 1 is 1.29 bits per heavy atom. The number of hydrogen-bond acceptors (Lipinski definition) is 3. The molecule has 0 aromatic heterocycles. The molecule has 0 radical (unpaired) electrons. The number of benzene rings is 1. The standard InChI is InChI=1S/C19H30N2O2.ClH/c1-4-15(2)23-18-7-5-17(6-8-18)19(22)21-13-10-16(11-14-21)9-12-20-3;/h5-8,15-16,20H,4,9-14H2,1-3H3;1H. The summed E-state index contributed by atoms with van der Waals surface area (Å²) in [5, 5.41) is 3.21. The molecule has 0 spiro atoms. The van der Waals surface area contributed by atoms with Crippen molar-refractivity contribution in [1.82, 2.24) is 10.2 Å². The number of carbonyl (C=O) groups is 1. The lowest BCUT2D eigenvalue weighted by atomic mass is 9.93. The van der Waals surface area contributed by atoms with Gasteiger partial charge in [0.05, 0.1) is 6.10 Å². The lowest BCUT2D eigenvalue weighted by Gasteiger charge is -2.32. The highest BCUT2D eigenvalue weighted by Crippen LogP contribution is 2.22. The molecule has 1 unspecified atom stereocenters. The summed E-state index contributed by atoms with van der Waals surface area (Å²) in [6.07, 6.45) is 4.61. The molecular weight excluding hydrogens is 324 g/mol. The van der Waals surface area contributed by atoms with E-state index in [1.54, 1.807) is 0 Å². The number of likely N-dealkylation sites (tertiary alicyclic amines) is 1. The maximum absolute atomic E-state index is 12.6. The fourth-order valence-corrected chi connectivity index (χ4v) is 2.95. The fourth-order valence-electron chi connectivity index (χ4n) is 2.95. The highest BCUT2D eigenvalue weighted by molar-refractivity contribution is 5.94. The predicted octanol–water partition coefficient (Wildman–Crippen LogP) is 3.75. The molecule has 1 aromatic carbocycles. The van der Waals surface area contributed by atoms with E-state index in [1.165, 1.54) is 6.42 Å². The summed E-state index contributed by atoms with van der Waals surface area (Å²) < 4.78 is 5.76. The Labute approximate surface area is 152 Å². The normalized spacial score (nSPS) is 16.4. The monoisotopic (exact) mass is 354 g/mol. The summed E-state index contributed by atoms with van der Waals surface area (Å²) in [5.41, 5.74) is 0.759. The van der Waals surface area contributed by atoms with Gasteiger partial charge in [0.2, 0.25) is 0 Å². The Balaban J connectivity index is 0.00000288. The van der Waals surface area contributed by atoms with Crippen LogP contribution in [0.3, 0.4) is 0 Å². The average molecular weight is 355 g/mol. The van der Waals surface area contributed by atoms with Crippen molar-refractivity contribution in [3.63, 3.8) is 0 Å². The van der Waals surface area contributed by atoms with E-state index in [-0.39, 0.29) is 24.4 Å². The van der Waals surface area contributed by atoms with E-state index in [1.807, 2.05) is 36.2 Å². The molecule has 1 N–H and O–H groups in total. The van der Waals surface area contributed by atoms with Gasteiger partial charge in [0.1, 0.15) is 5.75 Å². The second kappa shape index (κ2) is 10.6. The minimum absolute atomic E-state index is 0. The first-order valence-corrected chi connectivity index (χ1v) is 8.84. The Morgan fingerprint density at radius 3 is 2.46 bits per heavy atom. The van der Waals surface area contributed by atoms with Crippen molar-refractivity contribution >= 4 is 18.3 Å². The van der Waals surface area contributed by atoms with Crippen LogP contribution in [-0.2, 0) is 0 Å². The van der Waals surface area contributed by atoms with Gasteiger partial charge in [0.25, 0.3) is 5.91 Å². The number of ether oxygens (including phenoxy) is 1. The number of amides is 1. The molecule has 0 saturated carbocycles. The third-order valence-electron chi connectivity index (χ3n) is 4.72. The summed E-state index contributed by atoms with van der Waals surface area (Å²) in [7, 11) is 1.99. The van der Waals surface area contributed by atoms with Gasteiger partial charge in [0.15, 0.2) is 0 Å². The van der Waals surface area contributed by atoms with Crippen molar-refractivity contribution in [2.24, 2.45) is 5.92 Å². The zero-order valence-corrected chi connectivity index (χ0v) is 15.9. The molecule has 1 fully saturated rings. The maximum Gasteiger partial charge on any atom is 0.253 e. The van der Waals surface area contributed by atoms with E-state index in [0.717, 1.165) is 56.1 Å². The molecular formula is C19H31ClN2O2. The summed E-state index contributed by atoms with van der Waals surface area (Å²) in [6, 6.07) is 7.57. The Bertz CT molecular complexity index is 485. The Morgan fingerprint density at radius 2 is 1.92 bits per heavy atom. The molecule has 136 valence electrons. The zero-order chi connectivity index (χ0) is 16.7. The highest BCUT2D eigenvalue weighted by Gasteiger charge is 2.23. The van der Waals surface area contributed by atoms with E-state index in [2.05, 4.69) is 19.2 Å². The summed E-state index contributed by atoms with van der Waals surface area (Å²) in [4.78, 5) is 14.6. The number of piperidine rings is 1. The van der Waals surface area contributed by atoms with E-state index in [0.29, 0.717) is 0 Å². The van der Waals surface area contributed by atoms with E-state index in [4.69, 9.17) is 4.74 Å². The van der Waals surface area contributed by atoms with Gasteiger partial charge in [0, 0.05) is 18.7 Å². The number of nitrogens with one attached hydrogen (secondary N) is 1. The summed E-state index contributed by atoms with van der Waals surface area (Å²) in [5.74, 6) is 1.73. The van der Waals surface area contributed by atoms with E-state index < -0.39 is 0 Å². The molecule has 0 aliphatic carbocycles. The highest BCUT2D eigenvalue weighted by atomic mass is 35.5. The van der Waals surface area contributed by atoms with Crippen LogP contribution in [0.25, 0.3) is 0 Å². The van der Waals surface area contributed by atoms with Gasteiger partial charge in [-0.15, -0.1) is 12.4 Å². The van der Waals surface area contributed by atoms with Crippen LogP contribution in [0.2, 0.25) is 0 Å². The quantitative estimate of drug-likeness (QED) is 0.810. The minimum atomic E-state index is 0. The maximum atomic E-state index is 12.6. The van der Waals surface area contributed by atoms with Gasteiger partial charge in [-0.3, -0.25) is 4.79 Å². The first kappa shape index (κ1) is 20.8. The predicted molar refractivity (Wildman–Crippen MR) is 101 cm³/mol. The number of halogens is 1. The number of rotatable bonds is 7. The van der Waals surface area contributed by atoms with E-state index >= 15 is 0 Å². The lowest BCUT2D eigenvalue weighted by molar-refractivity contribution is 0.0687. The minimum Gasteiger partial charge on any atom is -0.491 e. The van der Waals surface area contributed by atoms with Crippen molar-refractivity contribution in [2.75, 3.05) is 26.7 Å². The number of carbonyl (C=O) groups excluding carboxylic acids is 1. The van der Waals surface area contributed by atoms with Crippen molar-refractivity contribution in [2.45, 2.75) is 45.6 Å². The molecule has 1 aromatic rings. The molecule has 0 bridgehead atoms. The van der Waals surface area contributed by atoms with Gasteiger partial charge in [-0.25, -0.2) is 0 Å². The van der Waals surface area contributed by atoms with Crippen LogP contribution >= 0.6 is 12.4 Å². The first-order chi connectivity index (χ1) is 11.1. The largest absolute Gasteiger partial charge is 0.491 e. The molecule has 1 aliphatic rings. The Hall–Kier alpha value is -1.26. The molecule has 1 saturated heterocycles. The fraction of sp³-hybridized carbons (Fsp3) is 0.632. The van der Waals surface area contributed by atoms with E-state index in [9.17, 15) is 4.79 Å². The molecule has 5 heteroatoms. The van der Waals surface area contributed by atoms with Gasteiger partial charge in [-0.05, 0) is 76.4 Å². The van der Waals surface area contributed by atoms with Gasteiger partial charge < -0.3 is 15.0 Å². The number of hydrogen-bond donors (Lipinski definition) is 1. The van der Waals surface area contributed by atoms with Crippen LogP contribution in [0.4, 0.5) is 0 Å². The van der Waals surface area contributed by atoms with Gasteiger partial charge >= 0.3 is 0 Å². The van der Waals surface area contributed by atoms with Gasteiger partial charge in [-0.2, -0.15) is 0 Å². The summed E-state index contributed by atoms with van der Waals surface area (Å²) in [6.45, 7) is 6.97. The van der Waals surface area contributed by atoms with Crippen molar-refractivity contribution in [1.29, 1.82) is 0 Å². The molecule has 24 heavy (non-hydrogen) atoms. The third kappa shape index (κ3) is 5.99. The topological polar surface area (TPSA) is 41.6 Å². The van der Waals surface area contributed by atoms with Crippen LogP contribution < -0.4 is 10.1 Å². The average Bonchev–Trinajstić information content (AvgIpc) is 2.60. The molecule has 1 aliphatic heterocycles. The van der Waals surface area contributed by atoms with Crippen LogP contribution in [0.1, 0.15) is 49.9 Å². The van der Waals surface area contributed by atoms with Gasteiger partial charge in [-0.1, -0.05) is 6.92 Å². The second-order valence-electron chi connectivity index (χ2n) is 6.49. The van der Waals surface area contributed by atoms with Crippen LogP contribution in [0.5, 0.6) is 5.75 Å². The van der Waals surface area contributed by atoms with Crippen molar-refractivity contribution in [3.05, 3.63) is 29.8 Å².